The van der Waals surface area contributed by atoms with Gasteiger partial charge in [-0.25, -0.2) is 24.7 Å². The number of methoxy groups -OCH3 is 2. The molecule has 27 heteroatoms. The number of ketones is 3. The lowest BCUT2D eigenvalue weighted by Crippen LogP contribution is -2.61. The third-order valence-corrected chi connectivity index (χ3v) is 20.9. The van der Waals surface area contributed by atoms with Crippen molar-refractivity contribution in [2.24, 2.45) is 35.3 Å². The summed E-state index contributed by atoms with van der Waals surface area (Å²) in [5, 5.41) is 37.9. The second kappa shape index (κ2) is 38.1. The number of aryl methyl sites for hydroxylation is 1. The molecule has 5 fully saturated rings. The van der Waals surface area contributed by atoms with Gasteiger partial charge in [-0.05, 0) is 126 Å². The van der Waals surface area contributed by atoms with E-state index in [1.807, 2.05) is 68.4 Å². The van der Waals surface area contributed by atoms with Crippen LogP contribution in [0.5, 0.6) is 0 Å². The maximum absolute atomic E-state index is 14.7. The van der Waals surface area contributed by atoms with Crippen LogP contribution in [-0.4, -0.2) is 244 Å². The second-order valence-corrected chi connectivity index (χ2v) is 28.7. The maximum atomic E-state index is 14.7. The molecule has 26 nitrogen and oxygen atoms in total. The van der Waals surface area contributed by atoms with Crippen LogP contribution in [0.1, 0.15) is 136 Å². The lowest BCUT2D eigenvalue weighted by molar-refractivity contribution is -0.265. The third-order valence-electron chi connectivity index (χ3n) is 20.7. The van der Waals surface area contributed by atoms with Gasteiger partial charge in [0.1, 0.15) is 36.2 Å². The molecule has 2 amide bonds. The third kappa shape index (κ3) is 22.0. The molecular weight excluding hydrogens is 1300 g/mol. The first kappa shape index (κ1) is 79.2. The second-order valence-electron chi connectivity index (χ2n) is 28.3. The van der Waals surface area contributed by atoms with Crippen molar-refractivity contribution in [3.05, 3.63) is 83.5 Å². The average Bonchev–Trinajstić information content (AvgIpc) is 0.773. The highest BCUT2D eigenvalue weighted by Crippen LogP contribution is 2.38. The topological polar surface area (TPSA) is 324 Å². The molecular formula is C73H109N11O15S. The predicted molar refractivity (Wildman–Crippen MR) is 379 cm³/mol. The highest BCUT2D eigenvalue weighted by molar-refractivity contribution is 7.80. The molecule has 6 aliphatic rings. The number of carbonyl (C=O) groups excluding carboxylic acids is 6. The summed E-state index contributed by atoms with van der Waals surface area (Å²) in [5.74, 6) is -7.67. The molecule has 2 bridgehead atoms. The number of aliphatic hydroxyl groups excluding tert-OH is 2. The van der Waals surface area contributed by atoms with Crippen LogP contribution < -0.4 is 20.9 Å². The van der Waals surface area contributed by atoms with E-state index in [0.29, 0.717) is 110 Å². The maximum Gasteiger partial charge on any atom is 0.329 e. The fourth-order valence-corrected chi connectivity index (χ4v) is 14.4. The van der Waals surface area contributed by atoms with Gasteiger partial charge in [-0.1, -0.05) is 64.2 Å². The number of amides is 2. The number of anilines is 2. The minimum absolute atomic E-state index is 0.0162. The zero-order valence-electron chi connectivity index (χ0n) is 60.0. The SMILES string of the molecule is CO[C@H]1C[C@@H]2CC[C@@H](C)[C@@](O)(O2)C(=O)C(=O)N2CCCC[C@H]2C(=O)O[C@H]([C@H](N)C[C@@H]2CC[C@@H](OC(=S)NCc3cnc(N4CCN(C(=O)CCOCCN5CCN(c6ncc(C)cn6)CC5)CC4)nc3)[C@H](OC)C2)CC(=O)[C@H](C)/C=C(\C)[C@@H](O)[C@@H](O)C(=O)[C@H](C)C[C@H](C)/C=C/C=C/C=C/1C. The summed E-state index contributed by atoms with van der Waals surface area (Å²) in [7, 11) is 3.14. The average molecular weight is 1410 g/mol. The number of piperidine rings is 1. The molecule has 100 heavy (non-hydrogen) atoms. The first-order chi connectivity index (χ1) is 47.8. The Bertz CT molecular complexity index is 3180. The molecule has 2 aromatic heterocycles. The Hall–Kier alpha value is -6.53. The molecule has 552 valence electrons. The highest BCUT2D eigenvalue weighted by Gasteiger charge is 2.53. The molecule has 0 spiro atoms. The summed E-state index contributed by atoms with van der Waals surface area (Å²) in [6, 6.07) is -2.18. The number of esters is 1. The van der Waals surface area contributed by atoms with Gasteiger partial charge in [0, 0.05) is 153 Å². The molecule has 7 heterocycles. The van der Waals surface area contributed by atoms with E-state index in [1.165, 1.54) is 13.0 Å². The first-order valence-electron chi connectivity index (χ1n) is 35.9. The van der Waals surface area contributed by atoms with E-state index in [1.54, 1.807) is 47.4 Å². The van der Waals surface area contributed by atoms with Crippen LogP contribution in [0.4, 0.5) is 11.9 Å². The fourth-order valence-electron chi connectivity index (χ4n) is 14.2. The van der Waals surface area contributed by atoms with Crippen molar-refractivity contribution in [1.29, 1.82) is 0 Å². The van der Waals surface area contributed by atoms with Gasteiger partial charge < -0.3 is 74.4 Å². The van der Waals surface area contributed by atoms with Crippen LogP contribution >= 0.6 is 12.2 Å². The number of carbonyl (C=O) groups is 6. The summed E-state index contributed by atoms with van der Waals surface area (Å²) in [6.45, 7) is 20.1. The molecule has 5 aliphatic heterocycles. The van der Waals surface area contributed by atoms with Crippen molar-refractivity contribution in [3.8, 4) is 0 Å². The van der Waals surface area contributed by atoms with Crippen molar-refractivity contribution in [1.82, 2.24) is 40.0 Å². The van der Waals surface area contributed by atoms with Crippen molar-refractivity contribution >= 4 is 64.4 Å². The number of ether oxygens (including phenoxy) is 6. The van der Waals surface area contributed by atoms with Gasteiger partial charge in [0.2, 0.25) is 23.6 Å². The Morgan fingerprint density at radius 3 is 2.13 bits per heavy atom. The highest BCUT2D eigenvalue weighted by atomic mass is 32.1. The molecule has 6 N–H and O–H groups in total. The summed E-state index contributed by atoms with van der Waals surface area (Å²) in [4.78, 5) is 112. The minimum Gasteiger partial charge on any atom is -0.465 e. The van der Waals surface area contributed by atoms with Crippen LogP contribution in [0.2, 0.25) is 0 Å². The van der Waals surface area contributed by atoms with Gasteiger partial charge in [0.25, 0.3) is 16.9 Å². The number of nitrogens with one attached hydrogen (secondary N) is 1. The van der Waals surface area contributed by atoms with E-state index in [9.17, 15) is 44.1 Å². The van der Waals surface area contributed by atoms with Crippen LogP contribution in [0.3, 0.4) is 0 Å². The van der Waals surface area contributed by atoms with Crippen molar-refractivity contribution in [3.63, 3.8) is 0 Å². The molecule has 0 aromatic carbocycles. The largest absolute Gasteiger partial charge is 0.465 e. The van der Waals surface area contributed by atoms with Crippen molar-refractivity contribution in [2.45, 2.75) is 199 Å². The molecule has 1 aliphatic carbocycles. The van der Waals surface area contributed by atoms with Gasteiger partial charge >= 0.3 is 5.97 Å². The summed E-state index contributed by atoms with van der Waals surface area (Å²) in [6.07, 6.45) is 15.9. The number of nitrogens with two attached hydrogens (primary N) is 1. The van der Waals surface area contributed by atoms with Gasteiger partial charge in [-0.3, -0.25) is 28.9 Å². The lowest BCUT2D eigenvalue weighted by atomic mass is 9.80. The fraction of sp³-hybridized carbons (Fsp3) is 0.685. The Labute approximate surface area is 594 Å². The van der Waals surface area contributed by atoms with E-state index in [-0.39, 0.29) is 60.7 Å². The number of cyclic esters (lactones) is 1. The van der Waals surface area contributed by atoms with Gasteiger partial charge in [0.05, 0.1) is 37.9 Å². The molecule has 8 rings (SSSR count). The van der Waals surface area contributed by atoms with Gasteiger partial charge in [-0.15, -0.1) is 0 Å². The quantitative estimate of drug-likeness (QED) is 0.0481. The standard InChI is InChI=1S/C73H109N11O15S/c1-46-15-11-10-12-16-48(3)60(94-8)39-55-20-18-52(7)73(93,99-55)67(90)68(91)84-23-14-13-17-57(84)69(92)97-61(40-58(85)49(4)36-51(6)65(88)66(89)64(87)50(5)35-46)56(74)37-53-19-21-59(62(38-53)95-9)98-72(100)79-45-54-43-77-71(78-44-54)83-30-28-81(29-31-83)63(86)22-33-96-34-32-80-24-26-82(27-25-80)70-75-41-47(2)42-76-70/h10-12,15-16,36,41-44,46,49-50,52-53,55-57,59-62,65-66,88-89,93H,13-14,17-35,37-40,45,74H2,1-9H3,(H,79,100)/b12-10+,15-11+,48-16+,51-36+/t46-,49-,50-,52-,53+,55+,56-,57+,59-,60+,61+,62-,65-,66+,73-/m1/s1. The normalized spacial score (nSPS) is 32.3. The zero-order chi connectivity index (χ0) is 72.2. The van der Waals surface area contributed by atoms with E-state index in [4.69, 9.17) is 46.4 Å². The molecule has 0 radical (unpaired) electrons. The van der Waals surface area contributed by atoms with Crippen LogP contribution in [0, 0.1) is 36.5 Å². The smallest absolute Gasteiger partial charge is 0.329 e. The number of hydrogen-bond acceptors (Lipinski definition) is 24. The van der Waals surface area contributed by atoms with Gasteiger partial charge in [0.15, 0.2) is 5.78 Å². The summed E-state index contributed by atoms with van der Waals surface area (Å²) >= 11 is 5.68. The van der Waals surface area contributed by atoms with Gasteiger partial charge in [-0.2, -0.15) is 0 Å². The summed E-state index contributed by atoms with van der Waals surface area (Å²) < 4.78 is 36.5. The number of allylic oxidation sites excluding steroid dienone is 6. The zero-order valence-corrected chi connectivity index (χ0v) is 60.8. The first-order valence-corrected chi connectivity index (χ1v) is 36.3. The molecule has 1 saturated carbocycles. The monoisotopic (exact) mass is 1410 g/mol. The number of Topliss-reactive ketones (excluding diaryl/α,β-unsaturated/α-hetero) is 3. The number of fused-ring (bicyclic) bond motifs is 3. The number of rotatable bonds is 16. The molecule has 4 saturated heterocycles. The number of thiocarbonyl (C=S) groups is 1. The van der Waals surface area contributed by atoms with Crippen LogP contribution in [-0.2, 0) is 63.7 Å². The number of nitrogens with zero attached hydrogens (tertiary/aromatic N) is 9. The van der Waals surface area contributed by atoms with E-state index >= 15 is 0 Å². The Balaban J connectivity index is 0.843. The molecule has 0 unspecified atom stereocenters. The van der Waals surface area contributed by atoms with E-state index in [2.05, 4.69) is 40.0 Å². The number of aliphatic hydroxyl groups is 3. The number of piperazine rings is 2. The predicted octanol–water partition coefficient (Wildman–Crippen LogP) is 5.08. The lowest BCUT2D eigenvalue weighted by Gasteiger charge is -2.42. The Morgan fingerprint density at radius 2 is 1.45 bits per heavy atom. The molecule has 2 aromatic rings. The van der Waals surface area contributed by atoms with Crippen molar-refractivity contribution in [2.75, 3.05) is 103 Å². The Morgan fingerprint density at radius 1 is 0.770 bits per heavy atom. The van der Waals surface area contributed by atoms with Crippen molar-refractivity contribution < 1.29 is 72.5 Å². The van der Waals surface area contributed by atoms with Crippen LogP contribution in [0.25, 0.3) is 0 Å². The number of aromatic nitrogens is 4. The minimum atomic E-state index is -2.50. The van der Waals surface area contributed by atoms with E-state index < -0.39 is 108 Å². The molecule has 15 atom stereocenters. The van der Waals surface area contributed by atoms with E-state index in [0.717, 1.165) is 60.3 Å². The number of hydrogen-bond donors (Lipinski definition) is 5. The van der Waals surface area contributed by atoms with Crippen LogP contribution in [0.15, 0.2) is 72.4 Å². The Kier molecular flexibility index (Phi) is 30.2. The summed E-state index contributed by atoms with van der Waals surface area (Å²) in [5.41, 5.74) is 9.91.